The molecule has 0 N–H and O–H groups in total. The normalized spacial score (nSPS) is 16.4. The number of hydrogen-bond acceptors (Lipinski definition) is 1. The molecule has 0 atom stereocenters. The smallest absolute Gasteiger partial charge is 0.143 e. The summed E-state index contributed by atoms with van der Waals surface area (Å²) in [4.78, 5) is 0. The van der Waals surface area contributed by atoms with Crippen molar-refractivity contribution in [2.45, 2.75) is 0 Å². The summed E-state index contributed by atoms with van der Waals surface area (Å²) >= 11 is 0. The minimum absolute atomic E-state index is 0.526. The molecular formula is C76H48O. The van der Waals surface area contributed by atoms with Crippen LogP contribution in [0.25, 0.3) is 153 Å². The van der Waals surface area contributed by atoms with E-state index >= 15 is 0 Å². The largest absolute Gasteiger partial charge is 0.455 e. The Balaban J connectivity index is 0.000000193. The fraction of sp³-hybridized carbons (Fsp3) is 0. The van der Waals surface area contributed by atoms with Gasteiger partial charge in [0.2, 0.25) is 0 Å². The predicted molar refractivity (Wildman–Crippen MR) is 330 cm³/mol. The highest BCUT2D eigenvalue weighted by Crippen LogP contribution is 2.49. The molecule has 358 valence electrons. The van der Waals surface area contributed by atoms with Gasteiger partial charge in [0.05, 0.1) is 35.6 Å². The zero-order valence-electron chi connectivity index (χ0n) is 66.1. The Bertz CT molecular complexity index is 6390. The highest BCUT2D eigenvalue weighted by molar-refractivity contribution is 6.27. The first-order valence-corrected chi connectivity index (χ1v) is 24.5. The van der Waals surface area contributed by atoms with Gasteiger partial charge in [0.15, 0.2) is 0 Å². The third-order valence-electron chi connectivity index (χ3n) is 14.0. The second-order valence-electron chi connectivity index (χ2n) is 18.2. The fourth-order valence-corrected chi connectivity index (χ4v) is 10.7. The first-order chi connectivity index (χ1) is 49.1. The Morgan fingerprint density at radius 3 is 1.44 bits per heavy atom. The molecule has 0 amide bonds. The molecule has 0 aliphatic heterocycles. The third-order valence-corrected chi connectivity index (χ3v) is 14.0. The number of hydrogen-bond donors (Lipinski definition) is 0. The molecular weight excluding hydrogens is 929 g/mol. The Kier molecular flexibility index (Phi) is 6.07. The Morgan fingerprint density at radius 1 is 0.247 bits per heavy atom. The van der Waals surface area contributed by atoms with Gasteiger partial charge in [-0.15, -0.1) is 0 Å². The lowest BCUT2D eigenvalue weighted by Crippen LogP contribution is -1.91. The third kappa shape index (κ3) is 7.39. The van der Waals surface area contributed by atoms with Gasteiger partial charge in [-0.2, -0.15) is 0 Å². The summed E-state index contributed by atoms with van der Waals surface area (Å²) in [5, 5.41) is 4.50. The van der Waals surface area contributed by atoms with Crippen LogP contribution in [0.3, 0.4) is 0 Å². The first-order valence-electron chi connectivity index (χ1n) is 37.5. The van der Waals surface area contributed by atoms with Gasteiger partial charge in [0.1, 0.15) is 11.2 Å². The van der Waals surface area contributed by atoms with E-state index in [-0.39, 0.29) is 0 Å². The molecule has 0 unspecified atom stereocenters. The highest BCUT2D eigenvalue weighted by atomic mass is 16.3. The van der Waals surface area contributed by atoms with Crippen LogP contribution in [0, 0.1) is 0 Å². The second kappa shape index (κ2) is 18.4. The standard InChI is InChI=1S/C40H26.C36H22O/c1-2-12-31-26-32(25-22-27(31)10-1)28-20-23-30(24-21-28)39-35-15-5-7-17-37(35)40(38-18-8-6-16-36(38)39)34-19-9-13-29-11-3-4-14-33(29)34;1-2-12-24(13-3-1)33-26-15-6-8-17-28(26)34(29-18-9-7-16-27(29)33)30-19-10-20-32-35(30)31-22-21-23-11-4-5-14-25(23)36(31)37-32/h1-26H;1-22H/i1D,2D,3D,4D,5D,6D,7D,8D,9D,10D,11D,12D,13D,14D,15D,16D,17D,18D,19D,20D,21D,22D,23D,24D,25D,26D;. The lowest BCUT2D eigenvalue weighted by atomic mass is 9.84. The van der Waals surface area contributed by atoms with Gasteiger partial charge in [0.25, 0.3) is 0 Å². The maximum Gasteiger partial charge on any atom is 0.143 e. The maximum atomic E-state index is 9.43. The summed E-state index contributed by atoms with van der Waals surface area (Å²) in [5.41, 5.74) is 2.34. The van der Waals surface area contributed by atoms with E-state index in [1.807, 2.05) is 0 Å². The number of rotatable bonds is 5. The average molecular weight is 1000 g/mol. The van der Waals surface area contributed by atoms with Crippen LogP contribution in [0.15, 0.2) is 295 Å². The SMILES string of the molecule is [2H]c1c([2H])c(-c2c3c([2H])c([2H])c([2H])c([2H])c3c(-c3c([2H])c([2H])c([2H])c4c([2H])c([2H])c([2H])c([2H])c34)c3c([2H])c([2H])c([2H])c([2H])c23)c([2H])c([2H])c1-c1c([2H])c([2H])c2c([2H])c([2H])c([2H])c([2H])c2c1[2H].c1ccc(-c2c3ccccc3c(-c3cccc4oc5c6ccccc6ccc5c34)c3ccccc23)cc1. The molecule has 1 heterocycles. The molecule has 0 saturated carbocycles. The van der Waals surface area contributed by atoms with Gasteiger partial charge in [0, 0.05) is 16.2 Å². The molecule has 16 aromatic rings. The summed E-state index contributed by atoms with van der Waals surface area (Å²) in [7, 11) is 0. The zero-order chi connectivity index (χ0) is 73.4. The van der Waals surface area contributed by atoms with E-state index in [9.17, 15) is 12.3 Å². The molecule has 77 heavy (non-hydrogen) atoms. The van der Waals surface area contributed by atoms with Crippen molar-refractivity contribution in [3.05, 3.63) is 291 Å². The Labute approximate surface area is 482 Å². The lowest BCUT2D eigenvalue weighted by molar-refractivity contribution is 0.673. The van der Waals surface area contributed by atoms with Crippen molar-refractivity contribution in [3.8, 4) is 55.6 Å². The molecule has 0 saturated heterocycles. The van der Waals surface area contributed by atoms with E-state index in [0.717, 1.165) is 21.9 Å². The summed E-state index contributed by atoms with van der Waals surface area (Å²) in [6.45, 7) is 0. The average Bonchev–Trinajstić information content (AvgIpc) is 1.36. The van der Waals surface area contributed by atoms with E-state index in [2.05, 4.69) is 133 Å². The molecule has 0 fully saturated rings. The van der Waals surface area contributed by atoms with Crippen molar-refractivity contribution in [2.24, 2.45) is 0 Å². The van der Waals surface area contributed by atoms with Gasteiger partial charge < -0.3 is 4.42 Å². The van der Waals surface area contributed by atoms with Crippen LogP contribution < -0.4 is 0 Å². The minimum Gasteiger partial charge on any atom is -0.455 e. The van der Waals surface area contributed by atoms with Crippen molar-refractivity contribution in [1.29, 1.82) is 0 Å². The summed E-state index contributed by atoms with van der Waals surface area (Å²) in [6, 6.07) is 23.7. The number of furan rings is 1. The molecule has 0 aliphatic rings. The number of benzene rings is 15. The van der Waals surface area contributed by atoms with Crippen molar-refractivity contribution in [1.82, 2.24) is 0 Å². The van der Waals surface area contributed by atoms with Crippen LogP contribution in [0.1, 0.15) is 35.6 Å². The van der Waals surface area contributed by atoms with E-state index in [1.165, 1.54) is 54.6 Å². The van der Waals surface area contributed by atoms with Crippen molar-refractivity contribution < 1.29 is 40.1 Å². The molecule has 1 nitrogen and oxygen atoms in total. The molecule has 0 aliphatic carbocycles. The van der Waals surface area contributed by atoms with Crippen LogP contribution in [0.2, 0.25) is 0 Å². The van der Waals surface area contributed by atoms with Crippen molar-refractivity contribution in [2.75, 3.05) is 0 Å². The van der Waals surface area contributed by atoms with Crippen molar-refractivity contribution in [3.63, 3.8) is 0 Å². The minimum atomic E-state index is -1.07. The summed E-state index contributed by atoms with van der Waals surface area (Å²) in [5.74, 6) is 0. The molecule has 0 spiro atoms. The predicted octanol–water partition coefficient (Wildman–Crippen LogP) is 21.7. The Hall–Kier alpha value is -10.1. The van der Waals surface area contributed by atoms with Gasteiger partial charge in [-0.1, -0.05) is 272 Å². The molecule has 16 rings (SSSR count). The second-order valence-corrected chi connectivity index (χ2v) is 18.2. The van der Waals surface area contributed by atoms with Crippen LogP contribution in [0.4, 0.5) is 0 Å². The Morgan fingerprint density at radius 2 is 0.753 bits per heavy atom. The molecule has 0 radical (unpaired) electrons. The van der Waals surface area contributed by atoms with Gasteiger partial charge >= 0.3 is 0 Å². The molecule has 1 aromatic heterocycles. The zero-order valence-corrected chi connectivity index (χ0v) is 40.1. The van der Waals surface area contributed by atoms with E-state index in [0.29, 0.717) is 0 Å². The molecule has 1 heteroatoms. The molecule has 15 aromatic carbocycles. The van der Waals surface area contributed by atoms with Crippen LogP contribution in [0.5, 0.6) is 0 Å². The molecule has 0 bridgehead atoms. The highest BCUT2D eigenvalue weighted by Gasteiger charge is 2.22. The topological polar surface area (TPSA) is 13.1 Å². The van der Waals surface area contributed by atoms with E-state index < -0.39 is 234 Å². The summed E-state index contributed by atoms with van der Waals surface area (Å²) < 4.78 is 237. The number of fused-ring (bicyclic) bond motifs is 11. The van der Waals surface area contributed by atoms with Crippen LogP contribution in [-0.4, -0.2) is 0 Å². The van der Waals surface area contributed by atoms with Gasteiger partial charge in [-0.05, 0) is 144 Å². The van der Waals surface area contributed by atoms with Crippen molar-refractivity contribution >= 4 is 97.3 Å². The van der Waals surface area contributed by atoms with E-state index in [4.69, 9.17) is 27.7 Å². The summed E-state index contributed by atoms with van der Waals surface area (Å²) in [6.07, 6.45) is 0. The van der Waals surface area contributed by atoms with Gasteiger partial charge in [-0.25, -0.2) is 0 Å². The first kappa shape index (κ1) is 25.4. The van der Waals surface area contributed by atoms with Crippen LogP contribution in [-0.2, 0) is 0 Å². The monoisotopic (exact) mass is 1000 g/mol. The van der Waals surface area contributed by atoms with E-state index in [1.54, 1.807) is 0 Å². The van der Waals surface area contributed by atoms with Crippen LogP contribution >= 0.6 is 0 Å². The fourth-order valence-electron chi connectivity index (χ4n) is 10.7. The maximum absolute atomic E-state index is 9.43. The van der Waals surface area contributed by atoms with Gasteiger partial charge in [-0.3, -0.25) is 0 Å². The lowest BCUT2D eigenvalue weighted by Gasteiger charge is -2.19. The quantitative estimate of drug-likeness (QED) is 0.157.